The average Bonchev–Trinajstić information content (AvgIpc) is 3.08. The van der Waals surface area contributed by atoms with Gasteiger partial charge in [0.1, 0.15) is 11.5 Å². The first-order valence-electron chi connectivity index (χ1n) is 9.35. The molecule has 3 aromatic rings. The summed E-state index contributed by atoms with van der Waals surface area (Å²) in [5, 5.41) is 6.34. The Bertz CT molecular complexity index is 1180. The van der Waals surface area contributed by atoms with Gasteiger partial charge in [-0.2, -0.15) is 0 Å². The summed E-state index contributed by atoms with van der Waals surface area (Å²) in [7, 11) is -3.83. The van der Waals surface area contributed by atoms with Gasteiger partial charge >= 0.3 is 0 Å². The molecule has 1 heterocycles. The molecule has 1 unspecified atom stereocenters. The number of nitrogens with one attached hydrogen (secondary N) is 2. The molecule has 0 saturated heterocycles. The first-order valence-corrected chi connectivity index (χ1v) is 11.6. The Kier molecular flexibility index (Phi) is 6.71. The van der Waals surface area contributed by atoms with Gasteiger partial charge in [-0.25, -0.2) is 8.42 Å². The Morgan fingerprint density at radius 2 is 1.71 bits per heavy atom. The number of benzene rings is 2. The molecule has 0 aliphatic heterocycles. The quantitative estimate of drug-likeness (QED) is 0.484. The van der Waals surface area contributed by atoms with E-state index in [1.165, 1.54) is 30.3 Å². The normalized spacial score (nSPS) is 12.3. The summed E-state index contributed by atoms with van der Waals surface area (Å²) < 4.78 is 38.9. The van der Waals surface area contributed by atoms with Crippen LogP contribution in [0.5, 0.6) is 5.75 Å². The van der Waals surface area contributed by atoms with Crippen molar-refractivity contribution in [2.45, 2.75) is 38.7 Å². The number of aryl methyl sites for hydroxylation is 3. The van der Waals surface area contributed by atoms with Crippen LogP contribution in [0.2, 0.25) is 0 Å². The summed E-state index contributed by atoms with van der Waals surface area (Å²) in [6.45, 7) is 7.13. The lowest BCUT2D eigenvalue weighted by molar-refractivity contribution is -0.122. The molecule has 3 rings (SSSR count). The number of ether oxygens (including phenoxy) is 1. The topological polar surface area (TPSA) is 111 Å². The largest absolute Gasteiger partial charge is 0.480 e. The van der Waals surface area contributed by atoms with Crippen LogP contribution in [0.1, 0.15) is 23.8 Å². The number of sulfonamides is 1. The van der Waals surface area contributed by atoms with Crippen molar-refractivity contribution in [3.8, 4) is 5.75 Å². The Morgan fingerprint density at radius 1 is 1.10 bits per heavy atom. The number of nitrogens with zero attached hydrogens (tertiary/aromatic N) is 1. The molecule has 0 bridgehead atoms. The number of aromatic nitrogens is 1. The maximum atomic E-state index is 12.5. The van der Waals surface area contributed by atoms with Crippen molar-refractivity contribution in [3.63, 3.8) is 0 Å². The van der Waals surface area contributed by atoms with E-state index in [1.807, 2.05) is 26.0 Å². The van der Waals surface area contributed by atoms with E-state index >= 15 is 0 Å². The van der Waals surface area contributed by atoms with Gasteiger partial charge in [-0.1, -0.05) is 21.1 Å². The predicted octanol–water partition coefficient (Wildman–Crippen LogP) is 4.57. The van der Waals surface area contributed by atoms with Gasteiger partial charge in [0.25, 0.3) is 15.9 Å². The third kappa shape index (κ3) is 5.65. The molecule has 0 aliphatic rings. The third-order valence-electron chi connectivity index (χ3n) is 4.39. The second-order valence-electron chi connectivity index (χ2n) is 7.07. The Morgan fingerprint density at radius 3 is 2.26 bits per heavy atom. The minimum atomic E-state index is -3.83. The van der Waals surface area contributed by atoms with Gasteiger partial charge in [0.15, 0.2) is 11.9 Å². The Hall–Kier alpha value is -2.85. The molecule has 0 radical (unpaired) electrons. The molecule has 2 aromatic carbocycles. The van der Waals surface area contributed by atoms with E-state index in [0.717, 1.165) is 15.6 Å². The lowest BCUT2D eigenvalue weighted by Crippen LogP contribution is -2.30. The van der Waals surface area contributed by atoms with Gasteiger partial charge in [0.2, 0.25) is 0 Å². The average molecular weight is 508 g/mol. The van der Waals surface area contributed by atoms with Gasteiger partial charge in [-0.3, -0.25) is 9.52 Å². The highest BCUT2D eigenvalue weighted by Gasteiger charge is 2.19. The van der Waals surface area contributed by atoms with Crippen molar-refractivity contribution in [3.05, 3.63) is 63.8 Å². The first kappa shape index (κ1) is 22.8. The van der Waals surface area contributed by atoms with E-state index in [-0.39, 0.29) is 16.6 Å². The van der Waals surface area contributed by atoms with Gasteiger partial charge in [0, 0.05) is 16.2 Å². The van der Waals surface area contributed by atoms with Crippen molar-refractivity contribution < 1.29 is 22.5 Å². The lowest BCUT2D eigenvalue weighted by Gasteiger charge is -2.18. The van der Waals surface area contributed by atoms with E-state index in [1.54, 1.807) is 13.8 Å². The molecule has 1 amide bonds. The predicted molar refractivity (Wildman–Crippen MR) is 121 cm³/mol. The van der Waals surface area contributed by atoms with Gasteiger partial charge in [-0.15, -0.1) is 0 Å². The van der Waals surface area contributed by atoms with Crippen LogP contribution in [0, 0.1) is 20.8 Å². The number of anilines is 2. The van der Waals surface area contributed by atoms with Gasteiger partial charge < -0.3 is 14.6 Å². The van der Waals surface area contributed by atoms with Crippen molar-refractivity contribution in [2.75, 3.05) is 10.0 Å². The molecule has 0 spiro atoms. The summed E-state index contributed by atoms with van der Waals surface area (Å²) in [6, 6.07) is 11.1. The van der Waals surface area contributed by atoms with E-state index in [2.05, 4.69) is 31.1 Å². The summed E-state index contributed by atoms with van der Waals surface area (Å²) in [5.74, 6) is 0.884. The van der Waals surface area contributed by atoms with Crippen LogP contribution in [0.25, 0.3) is 0 Å². The fourth-order valence-electron chi connectivity index (χ4n) is 2.89. The van der Waals surface area contributed by atoms with E-state index in [0.29, 0.717) is 17.2 Å². The molecule has 10 heteroatoms. The molecular formula is C21H22BrN3O5S. The van der Waals surface area contributed by atoms with Crippen molar-refractivity contribution >= 4 is 43.4 Å². The van der Waals surface area contributed by atoms with Crippen molar-refractivity contribution in [1.29, 1.82) is 0 Å². The van der Waals surface area contributed by atoms with Crippen molar-refractivity contribution in [1.82, 2.24) is 5.16 Å². The van der Waals surface area contributed by atoms with Gasteiger partial charge in [-0.05, 0) is 75.2 Å². The number of hydrogen-bond donors (Lipinski definition) is 2. The smallest absolute Gasteiger partial charge is 0.265 e. The Labute approximate surface area is 189 Å². The summed E-state index contributed by atoms with van der Waals surface area (Å²) in [6.07, 6.45) is -0.751. The zero-order chi connectivity index (χ0) is 22.8. The van der Waals surface area contributed by atoms with E-state index < -0.39 is 16.1 Å². The van der Waals surface area contributed by atoms with Crippen molar-refractivity contribution in [2.24, 2.45) is 0 Å². The van der Waals surface area contributed by atoms with E-state index in [9.17, 15) is 13.2 Å². The van der Waals surface area contributed by atoms with Gasteiger partial charge in [0.05, 0.1) is 4.90 Å². The summed E-state index contributed by atoms with van der Waals surface area (Å²) >= 11 is 3.44. The number of halogens is 1. The SMILES string of the molecule is Cc1cc(NS(=O)(=O)c2ccc(NC(=O)C(C)Oc3c(C)cc(Br)cc3C)cc2)no1. The zero-order valence-electron chi connectivity index (χ0n) is 17.4. The molecular weight excluding hydrogens is 486 g/mol. The van der Waals surface area contributed by atoms with Crippen LogP contribution in [-0.2, 0) is 14.8 Å². The second-order valence-corrected chi connectivity index (χ2v) is 9.67. The summed E-state index contributed by atoms with van der Waals surface area (Å²) in [5.41, 5.74) is 2.27. The third-order valence-corrected chi connectivity index (χ3v) is 6.22. The highest BCUT2D eigenvalue weighted by molar-refractivity contribution is 9.10. The molecule has 164 valence electrons. The second kappa shape index (κ2) is 9.11. The molecule has 2 N–H and O–H groups in total. The highest BCUT2D eigenvalue weighted by atomic mass is 79.9. The fourth-order valence-corrected chi connectivity index (χ4v) is 4.56. The van der Waals surface area contributed by atoms with Crippen LogP contribution < -0.4 is 14.8 Å². The molecule has 0 aliphatic carbocycles. The maximum absolute atomic E-state index is 12.5. The first-order chi connectivity index (χ1) is 14.5. The van der Waals surface area contributed by atoms with Crippen LogP contribution in [0.15, 0.2) is 56.4 Å². The maximum Gasteiger partial charge on any atom is 0.265 e. The van der Waals surface area contributed by atoms with Crippen LogP contribution in [0.3, 0.4) is 0 Å². The van der Waals surface area contributed by atoms with Crippen LogP contribution >= 0.6 is 15.9 Å². The highest BCUT2D eigenvalue weighted by Crippen LogP contribution is 2.28. The lowest BCUT2D eigenvalue weighted by atomic mass is 10.1. The van der Waals surface area contributed by atoms with Crippen LogP contribution in [0.4, 0.5) is 11.5 Å². The fraction of sp³-hybridized carbons (Fsp3) is 0.238. The minimum absolute atomic E-state index is 0.0246. The molecule has 31 heavy (non-hydrogen) atoms. The standard InChI is InChI=1S/C21H22BrN3O5S/c1-12-9-16(22)10-13(2)20(12)29-15(4)21(26)23-17-5-7-18(8-6-17)31(27,28)25-19-11-14(3)30-24-19/h5-11,15H,1-4H3,(H,23,26)(H,24,25). The van der Waals surface area contributed by atoms with E-state index in [4.69, 9.17) is 9.26 Å². The number of carbonyl (C=O) groups is 1. The Balaban J connectivity index is 1.66. The zero-order valence-corrected chi connectivity index (χ0v) is 19.8. The molecule has 0 saturated carbocycles. The number of hydrogen-bond acceptors (Lipinski definition) is 6. The number of rotatable bonds is 7. The minimum Gasteiger partial charge on any atom is -0.480 e. The molecule has 0 fully saturated rings. The number of amides is 1. The number of carbonyl (C=O) groups excluding carboxylic acids is 1. The summed E-state index contributed by atoms with van der Waals surface area (Å²) in [4.78, 5) is 12.6. The van der Waals surface area contributed by atoms with Crippen LogP contribution in [-0.4, -0.2) is 25.6 Å². The molecule has 1 atom stereocenters. The molecule has 8 nitrogen and oxygen atoms in total. The molecule has 1 aromatic heterocycles. The monoisotopic (exact) mass is 507 g/mol.